The van der Waals surface area contributed by atoms with Crippen LogP contribution in [0.5, 0.6) is 0 Å². The first-order chi connectivity index (χ1) is 8.29. The predicted molar refractivity (Wildman–Crippen MR) is 68.6 cm³/mol. The van der Waals surface area contributed by atoms with Gasteiger partial charge in [-0.15, -0.1) is 17.8 Å². The number of nitrogens with zero attached hydrogens (tertiary/aromatic N) is 3. The zero-order valence-corrected chi connectivity index (χ0v) is 9.61. The summed E-state index contributed by atoms with van der Waals surface area (Å²) in [6.45, 7) is 0. The first kappa shape index (κ1) is 9.87. The van der Waals surface area contributed by atoms with E-state index in [2.05, 4.69) is 15.9 Å². The largest absolute Gasteiger partial charge is 0.383 e. The van der Waals surface area contributed by atoms with Crippen molar-refractivity contribution in [1.82, 2.24) is 14.4 Å². The normalized spacial score (nSPS) is 10.5. The van der Waals surface area contributed by atoms with E-state index >= 15 is 0 Å². The Hall–Kier alpha value is -2.32. The first-order valence-corrected chi connectivity index (χ1v) is 5.75. The van der Waals surface area contributed by atoms with Crippen LogP contribution in [0.15, 0.2) is 30.7 Å². The topological polar surface area (TPSA) is 56.2 Å². The Morgan fingerprint density at radius 2 is 2.29 bits per heavy atom. The van der Waals surface area contributed by atoms with E-state index in [0.717, 1.165) is 21.1 Å². The molecule has 0 bridgehead atoms. The van der Waals surface area contributed by atoms with E-state index in [0.29, 0.717) is 5.82 Å². The molecule has 0 aliphatic rings. The quantitative estimate of drug-likeness (QED) is 0.662. The zero-order valence-electron chi connectivity index (χ0n) is 8.79. The fraction of sp³-hybridized carbons (Fsp3) is 0. The Morgan fingerprint density at radius 1 is 1.41 bits per heavy atom. The highest BCUT2D eigenvalue weighted by atomic mass is 32.1. The lowest BCUT2D eigenvalue weighted by Crippen LogP contribution is -1.93. The van der Waals surface area contributed by atoms with E-state index in [1.165, 1.54) is 11.3 Å². The Balaban J connectivity index is 2.24. The van der Waals surface area contributed by atoms with Crippen LogP contribution in [-0.4, -0.2) is 14.4 Å². The van der Waals surface area contributed by atoms with Gasteiger partial charge in [-0.05, 0) is 12.1 Å². The van der Waals surface area contributed by atoms with Gasteiger partial charge in [-0.2, -0.15) is 0 Å². The lowest BCUT2D eigenvalue weighted by molar-refractivity contribution is 1.13. The molecule has 0 aliphatic heterocycles. The fourth-order valence-corrected chi connectivity index (χ4v) is 2.46. The molecule has 4 nitrogen and oxygen atoms in total. The van der Waals surface area contributed by atoms with Crippen LogP contribution in [0.1, 0.15) is 4.88 Å². The third-order valence-electron chi connectivity index (χ3n) is 2.45. The Bertz CT molecular complexity index is 732. The SMILES string of the molecule is C#Cc1ccc(-c2nc3cnccn3c2N)s1. The molecule has 0 saturated carbocycles. The minimum atomic E-state index is 0.604. The van der Waals surface area contributed by atoms with Crippen LogP contribution in [0.3, 0.4) is 0 Å². The van der Waals surface area contributed by atoms with E-state index in [9.17, 15) is 0 Å². The van der Waals surface area contributed by atoms with Crippen LogP contribution < -0.4 is 5.73 Å². The van der Waals surface area contributed by atoms with Crippen molar-refractivity contribution in [3.8, 4) is 22.9 Å². The van der Waals surface area contributed by atoms with E-state index in [1.807, 2.05) is 12.1 Å². The smallest absolute Gasteiger partial charge is 0.157 e. The van der Waals surface area contributed by atoms with Gasteiger partial charge in [-0.1, -0.05) is 5.92 Å². The van der Waals surface area contributed by atoms with E-state index in [4.69, 9.17) is 12.2 Å². The van der Waals surface area contributed by atoms with Crippen molar-refractivity contribution in [1.29, 1.82) is 0 Å². The maximum atomic E-state index is 6.05. The lowest BCUT2D eigenvalue weighted by atomic mass is 10.3. The molecule has 0 atom stereocenters. The van der Waals surface area contributed by atoms with E-state index in [1.54, 1.807) is 23.0 Å². The molecule has 2 N–H and O–H groups in total. The number of imidazole rings is 1. The summed E-state index contributed by atoms with van der Waals surface area (Å²) in [5.74, 6) is 3.21. The predicted octanol–water partition coefficient (Wildman–Crippen LogP) is 2.02. The van der Waals surface area contributed by atoms with Crippen molar-refractivity contribution in [3.05, 3.63) is 35.6 Å². The first-order valence-electron chi connectivity index (χ1n) is 4.94. The number of rotatable bonds is 1. The summed E-state index contributed by atoms with van der Waals surface area (Å²) in [6.07, 6.45) is 10.5. The molecule has 0 saturated heterocycles. The molecule has 0 radical (unpaired) electrons. The van der Waals surface area contributed by atoms with Gasteiger partial charge in [0.05, 0.1) is 16.0 Å². The Kier molecular flexibility index (Phi) is 2.10. The minimum Gasteiger partial charge on any atom is -0.383 e. The summed E-state index contributed by atoms with van der Waals surface area (Å²) in [6, 6.07) is 3.83. The highest BCUT2D eigenvalue weighted by molar-refractivity contribution is 7.16. The number of nitrogens with two attached hydrogens (primary N) is 1. The van der Waals surface area contributed by atoms with E-state index < -0.39 is 0 Å². The summed E-state index contributed by atoms with van der Waals surface area (Å²) in [4.78, 5) is 10.3. The Labute approximate surface area is 102 Å². The van der Waals surface area contributed by atoms with Crippen molar-refractivity contribution in [2.75, 3.05) is 5.73 Å². The summed E-state index contributed by atoms with van der Waals surface area (Å²) >= 11 is 1.50. The lowest BCUT2D eigenvalue weighted by Gasteiger charge is -1.94. The third-order valence-corrected chi connectivity index (χ3v) is 3.47. The van der Waals surface area contributed by atoms with E-state index in [-0.39, 0.29) is 0 Å². The van der Waals surface area contributed by atoms with Crippen LogP contribution in [0.25, 0.3) is 16.2 Å². The second-order valence-electron chi connectivity index (χ2n) is 3.46. The Morgan fingerprint density at radius 3 is 3.00 bits per heavy atom. The van der Waals surface area contributed by atoms with Gasteiger partial charge in [0.1, 0.15) is 11.5 Å². The minimum absolute atomic E-state index is 0.604. The van der Waals surface area contributed by atoms with Crippen LogP contribution >= 0.6 is 11.3 Å². The number of hydrogen-bond acceptors (Lipinski definition) is 4. The maximum absolute atomic E-state index is 6.05. The third kappa shape index (κ3) is 1.47. The van der Waals surface area contributed by atoms with Crippen LogP contribution in [-0.2, 0) is 0 Å². The molecule has 0 amide bonds. The monoisotopic (exact) mass is 240 g/mol. The molecule has 3 rings (SSSR count). The highest BCUT2D eigenvalue weighted by Crippen LogP contribution is 2.31. The molecular formula is C12H8N4S. The molecule has 3 aromatic rings. The molecule has 0 fully saturated rings. The van der Waals surface area contributed by atoms with Gasteiger partial charge >= 0.3 is 0 Å². The van der Waals surface area contributed by atoms with Gasteiger partial charge in [0.2, 0.25) is 0 Å². The van der Waals surface area contributed by atoms with Crippen molar-refractivity contribution < 1.29 is 0 Å². The number of nitrogen functional groups attached to an aromatic ring is 1. The molecule has 0 spiro atoms. The zero-order chi connectivity index (χ0) is 11.8. The molecule has 17 heavy (non-hydrogen) atoms. The van der Waals surface area contributed by atoms with Crippen LogP contribution in [0.4, 0.5) is 5.82 Å². The van der Waals surface area contributed by atoms with Crippen molar-refractivity contribution in [2.24, 2.45) is 0 Å². The second kappa shape index (κ2) is 3.61. The summed E-state index contributed by atoms with van der Waals surface area (Å²) in [5.41, 5.74) is 7.54. The number of fused-ring (bicyclic) bond motifs is 1. The van der Waals surface area contributed by atoms with Crippen molar-refractivity contribution >= 4 is 22.8 Å². The van der Waals surface area contributed by atoms with Gasteiger partial charge in [-0.3, -0.25) is 9.38 Å². The number of anilines is 1. The average molecular weight is 240 g/mol. The number of thiophene rings is 1. The second-order valence-corrected chi connectivity index (χ2v) is 4.54. The summed E-state index contributed by atoms with van der Waals surface area (Å²) < 4.78 is 1.80. The van der Waals surface area contributed by atoms with Crippen molar-refractivity contribution in [2.45, 2.75) is 0 Å². The maximum Gasteiger partial charge on any atom is 0.157 e. The van der Waals surface area contributed by atoms with Gasteiger partial charge in [0.15, 0.2) is 5.65 Å². The number of terminal acetylenes is 1. The molecule has 3 heterocycles. The van der Waals surface area contributed by atoms with Gasteiger partial charge in [-0.25, -0.2) is 4.98 Å². The molecular weight excluding hydrogens is 232 g/mol. The van der Waals surface area contributed by atoms with Crippen LogP contribution in [0, 0.1) is 12.3 Å². The molecule has 0 aliphatic carbocycles. The molecule has 82 valence electrons. The molecule has 0 unspecified atom stereocenters. The average Bonchev–Trinajstić information content (AvgIpc) is 2.95. The molecule has 0 aromatic carbocycles. The fourth-order valence-electron chi connectivity index (χ4n) is 1.65. The summed E-state index contributed by atoms with van der Waals surface area (Å²) in [5, 5.41) is 0. The molecule has 5 heteroatoms. The van der Waals surface area contributed by atoms with Gasteiger partial charge in [0, 0.05) is 12.4 Å². The van der Waals surface area contributed by atoms with Gasteiger partial charge in [0.25, 0.3) is 0 Å². The summed E-state index contributed by atoms with van der Waals surface area (Å²) in [7, 11) is 0. The van der Waals surface area contributed by atoms with Crippen molar-refractivity contribution in [3.63, 3.8) is 0 Å². The standard InChI is InChI=1S/C12H8N4S/c1-2-8-3-4-9(17-8)11-12(13)16-6-5-14-7-10(16)15-11/h1,3-7H,13H2. The van der Waals surface area contributed by atoms with Gasteiger partial charge < -0.3 is 5.73 Å². The number of aromatic nitrogens is 3. The van der Waals surface area contributed by atoms with Crippen LogP contribution in [0.2, 0.25) is 0 Å². The molecule has 3 aromatic heterocycles. The number of hydrogen-bond donors (Lipinski definition) is 1. The highest BCUT2D eigenvalue weighted by Gasteiger charge is 2.12.